The maximum Gasteiger partial charge on any atom is 0.316 e. The van der Waals surface area contributed by atoms with Crippen LogP contribution in [0.2, 0.25) is 0 Å². The SMILES string of the molecule is O=C(N1CCCC(Oc2ncc(Br)cn2)C1)C1(c2cccs2)CCCC1. The van der Waals surface area contributed by atoms with Crippen molar-refractivity contribution in [1.82, 2.24) is 14.9 Å². The Kier molecular flexibility index (Phi) is 5.27. The first kappa shape index (κ1) is 17.9. The minimum Gasteiger partial charge on any atom is -0.458 e. The zero-order valence-corrected chi connectivity index (χ0v) is 17.0. The van der Waals surface area contributed by atoms with Crippen LogP contribution < -0.4 is 4.74 Å². The molecule has 1 saturated carbocycles. The van der Waals surface area contributed by atoms with E-state index in [1.165, 1.54) is 4.88 Å². The van der Waals surface area contributed by atoms with Gasteiger partial charge in [-0.15, -0.1) is 11.3 Å². The van der Waals surface area contributed by atoms with Gasteiger partial charge in [-0.2, -0.15) is 0 Å². The normalized spacial score (nSPS) is 22.3. The molecule has 2 aromatic heterocycles. The van der Waals surface area contributed by atoms with Crippen LogP contribution in [-0.2, 0) is 10.2 Å². The number of nitrogens with zero attached hydrogens (tertiary/aromatic N) is 3. The smallest absolute Gasteiger partial charge is 0.316 e. The third-order valence-corrected chi connectivity index (χ3v) is 6.88. The van der Waals surface area contributed by atoms with E-state index >= 15 is 0 Å². The van der Waals surface area contributed by atoms with Gasteiger partial charge < -0.3 is 9.64 Å². The predicted octanol–water partition coefficient (Wildman–Crippen LogP) is 4.18. The average Bonchev–Trinajstić information content (AvgIpc) is 3.35. The van der Waals surface area contributed by atoms with E-state index in [0.717, 1.165) is 49.5 Å². The number of likely N-dealkylation sites (tertiary alicyclic amines) is 1. The van der Waals surface area contributed by atoms with Crippen molar-refractivity contribution < 1.29 is 9.53 Å². The van der Waals surface area contributed by atoms with Crippen LogP contribution in [0.4, 0.5) is 0 Å². The van der Waals surface area contributed by atoms with Crippen molar-refractivity contribution in [2.75, 3.05) is 13.1 Å². The Morgan fingerprint density at radius 2 is 2.04 bits per heavy atom. The highest BCUT2D eigenvalue weighted by Gasteiger charge is 2.46. The fourth-order valence-electron chi connectivity index (χ4n) is 4.13. The summed E-state index contributed by atoms with van der Waals surface area (Å²) in [6.45, 7) is 1.43. The maximum atomic E-state index is 13.5. The lowest BCUT2D eigenvalue weighted by Crippen LogP contribution is -2.51. The molecule has 138 valence electrons. The molecule has 2 fully saturated rings. The third kappa shape index (κ3) is 3.51. The summed E-state index contributed by atoms with van der Waals surface area (Å²) < 4.78 is 6.77. The van der Waals surface area contributed by atoms with Gasteiger partial charge in [0.15, 0.2) is 0 Å². The molecule has 1 saturated heterocycles. The van der Waals surface area contributed by atoms with Crippen molar-refractivity contribution in [3.63, 3.8) is 0 Å². The molecule has 1 aliphatic carbocycles. The molecular formula is C19H22BrN3O2S. The monoisotopic (exact) mass is 435 g/mol. The van der Waals surface area contributed by atoms with E-state index in [-0.39, 0.29) is 17.4 Å². The minimum absolute atomic E-state index is 0.0457. The molecular weight excluding hydrogens is 414 g/mol. The van der Waals surface area contributed by atoms with Crippen molar-refractivity contribution in [1.29, 1.82) is 0 Å². The van der Waals surface area contributed by atoms with E-state index in [2.05, 4.69) is 43.4 Å². The number of halogens is 1. The summed E-state index contributed by atoms with van der Waals surface area (Å²) in [5.74, 6) is 0.280. The van der Waals surface area contributed by atoms with Crippen molar-refractivity contribution in [3.8, 4) is 6.01 Å². The molecule has 1 amide bonds. The van der Waals surface area contributed by atoms with Gasteiger partial charge in [0, 0.05) is 23.8 Å². The summed E-state index contributed by atoms with van der Waals surface area (Å²) in [4.78, 5) is 25.1. The summed E-state index contributed by atoms with van der Waals surface area (Å²) in [7, 11) is 0. The second-order valence-corrected chi connectivity index (χ2v) is 8.95. The standard InChI is InChI=1S/C19H22BrN3O2S/c20-14-11-21-18(22-12-14)25-15-5-3-9-23(13-15)17(24)19(7-1-2-8-19)16-6-4-10-26-16/h4,6,10-12,15H,1-3,5,7-9,13H2. The van der Waals surface area contributed by atoms with Gasteiger partial charge in [-0.1, -0.05) is 18.9 Å². The Morgan fingerprint density at radius 3 is 2.73 bits per heavy atom. The molecule has 4 rings (SSSR count). The molecule has 1 aliphatic heterocycles. The van der Waals surface area contributed by atoms with Crippen LogP contribution in [0, 0.1) is 0 Å². The van der Waals surface area contributed by atoms with Crippen LogP contribution in [0.1, 0.15) is 43.4 Å². The van der Waals surface area contributed by atoms with Crippen molar-refractivity contribution in [2.45, 2.75) is 50.0 Å². The zero-order chi connectivity index (χ0) is 18.0. The molecule has 3 heterocycles. The number of amides is 1. The predicted molar refractivity (Wildman–Crippen MR) is 104 cm³/mol. The van der Waals surface area contributed by atoms with Gasteiger partial charge in [0.1, 0.15) is 6.10 Å². The van der Waals surface area contributed by atoms with Gasteiger partial charge in [-0.25, -0.2) is 9.97 Å². The number of hydrogen-bond donors (Lipinski definition) is 0. The Bertz CT molecular complexity index is 745. The van der Waals surface area contributed by atoms with Crippen LogP contribution >= 0.6 is 27.3 Å². The topological polar surface area (TPSA) is 55.3 Å². The number of thiophene rings is 1. The van der Waals surface area contributed by atoms with Crippen LogP contribution in [0.15, 0.2) is 34.4 Å². The lowest BCUT2D eigenvalue weighted by Gasteiger charge is -2.38. The van der Waals surface area contributed by atoms with Crippen LogP contribution in [0.25, 0.3) is 0 Å². The molecule has 0 bridgehead atoms. The fourth-order valence-corrected chi connectivity index (χ4v) is 5.31. The van der Waals surface area contributed by atoms with E-state index in [1.807, 2.05) is 4.90 Å². The van der Waals surface area contributed by atoms with Crippen LogP contribution in [0.3, 0.4) is 0 Å². The molecule has 5 nitrogen and oxygen atoms in total. The van der Waals surface area contributed by atoms with Gasteiger partial charge in [0.05, 0.1) is 16.4 Å². The highest BCUT2D eigenvalue weighted by molar-refractivity contribution is 9.10. The Labute approximate surface area is 165 Å². The first-order valence-corrected chi connectivity index (χ1v) is 10.8. The number of carbonyl (C=O) groups excluding carboxylic acids is 1. The maximum absolute atomic E-state index is 13.5. The molecule has 1 atom stereocenters. The van der Waals surface area contributed by atoms with Gasteiger partial charge >= 0.3 is 6.01 Å². The molecule has 2 aromatic rings. The fraction of sp³-hybridized carbons (Fsp3) is 0.526. The van der Waals surface area contributed by atoms with Gasteiger partial charge in [0.25, 0.3) is 0 Å². The first-order chi connectivity index (χ1) is 12.7. The molecule has 0 spiro atoms. The summed E-state index contributed by atoms with van der Waals surface area (Å²) >= 11 is 5.04. The molecule has 0 aromatic carbocycles. The largest absolute Gasteiger partial charge is 0.458 e. The van der Waals surface area contributed by atoms with Crippen LogP contribution in [-0.4, -0.2) is 40.0 Å². The molecule has 0 radical (unpaired) electrons. The molecule has 1 unspecified atom stereocenters. The summed E-state index contributed by atoms with van der Waals surface area (Å²) in [5.41, 5.74) is -0.315. The lowest BCUT2D eigenvalue weighted by atomic mass is 9.82. The molecule has 26 heavy (non-hydrogen) atoms. The minimum atomic E-state index is -0.315. The zero-order valence-electron chi connectivity index (χ0n) is 14.6. The van der Waals surface area contributed by atoms with E-state index in [0.29, 0.717) is 12.6 Å². The first-order valence-electron chi connectivity index (χ1n) is 9.15. The molecule has 0 N–H and O–H groups in total. The Hall–Kier alpha value is -1.47. The van der Waals surface area contributed by atoms with E-state index in [9.17, 15) is 4.79 Å². The number of piperidine rings is 1. The van der Waals surface area contributed by atoms with Gasteiger partial charge in [-0.05, 0) is 53.1 Å². The second-order valence-electron chi connectivity index (χ2n) is 7.08. The summed E-state index contributed by atoms with van der Waals surface area (Å²) in [5, 5.41) is 2.08. The quantitative estimate of drug-likeness (QED) is 0.722. The third-order valence-electron chi connectivity index (χ3n) is 5.39. The Morgan fingerprint density at radius 1 is 1.27 bits per heavy atom. The van der Waals surface area contributed by atoms with Crippen molar-refractivity contribution in [3.05, 3.63) is 39.3 Å². The number of aromatic nitrogens is 2. The lowest BCUT2D eigenvalue weighted by molar-refractivity contribution is -0.140. The van der Waals surface area contributed by atoms with E-state index in [4.69, 9.17) is 4.74 Å². The molecule has 2 aliphatic rings. The van der Waals surface area contributed by atoms with Gasteiger partial charge in [-0.3, -0.25) is 4.79 Å². The average molecular weight is 436 g/mol. The van der Waals surface area contributed by atoms with E-state index < -0.39 is 0 Å². The van der Waals surface area contributed by atoms with Crippen LogP contribution in [0.5, 0.6) is 6.01 Å². The van der Waals surface area contributed by atoms with Crippen molar-refractivity contribution in [2.24, 2.45) is 0 Å². The number of carbonyl (C=O) groups is 1. The number of ether oxygens (including phenoxy) is 1. The van der Waals surface area contributed by atoms with E-state index in [1.54, 1.807) is 23.7 Å². The van der Waals surface area contributed by atoms with Gasteiger partial charge in [0.2, 0.25) is 5.91 Å². The number of rotatable bonds is 4. The molecule has 7 heteroatoms. The Balaban J connectivity index is 1.48. The second kappa shape index (κ2) is 7.64. The number of hydrogen-bond acceptors (Lipinski definition) is 5. The highest BCUT2D eigenvalue weighted by atomic mass is 79.9. The highest BCUT2D eigenvalue weighted by Crippen LogP contribution is 2.44. The van der Waals surface area contributed by atoms with Crippen molar-refractivity contribution >= 4 is 33.2 Å². The summed E-state index contributed by atoms with van der Waals surface area (Å²) in [6, 6.07) is 4.56. The summed E-state index contributed by atoms with van der Waals surface area (Å²) in [6.07, 6.45) is 9.37.